The molecular weight excluding hydrogens is 515 g/mol. The molecule has 0 radical (unpaired) electrons. The number of anilines is 1. The van der Waals surface area contributed by atoms with E-state index in [1.807, 2.05) is 20.8 Å². The van der Waals surface area contributed by atoms with Gasteiger partial charge < -0.3 is 30.2 Å². The summed E-state index contributed by atoms with van der Waals surface area (Å²) >= 11 is 0. The van der Waals surface area contributed by atoms with Gasteiger partial charge in [0.1, 0.15) is 5.75 Å². The summed E-state index contributed by atoms with van der Waals surface area (Å²) in [7, 11) is 1.56. The van der Waals surface area contributed by atoms with Crippen LogP contribution in [0.5, 0.6) is 23.0 Å². The lowest BCUT2D eigenvalue weighted by molar-refractivity contribution is -0.136. The van der Waals surface area contributed by atoms with Crippen molar-refractivity contribution in [2.24, 2.45) is 11.3 Å². The minimum atomic E-state index is -0.868. The van der Waals surface area contributed by atoms with Crippen molar-refractivity contribution >= 4 is 28.4 Å². The summed E-state index contributed by atoms with van der Waals surface area (Å²) in [5, 5.41) is 8.97. The maximum Gasteiger partial charge on any atom is 0.313 e. The maximum absolute atomic E-state index is 15.0. The molecule has 4 rings (SSSR count). The lowest BCUT2D eigenvalue weighted by atomic mass is 9.92. The Kier molecular flexibility index (Phi) is 9.42. The fourth-order valence-electron chi connectivity index (χ4n) is 4.34. The fraction of sp³-hybridized carbons (Fsp3) is 0.433. The van der Waals surface area contributed by atoms with Crippen molar-refractivity contribution in [1.82, 2.24) is 15.6 Å². The zero-order chi connectivity index (χ0) is 28.7. The summed E-state index contributed by atoms with van der Waals surface area (Å²) in [5.41, 5.74) is 0.773. The molecular formula is C30H37FN4O5. The number of benzene rings is 2. The Hall–Kier alpha value is -3.92. The van der Waals surface area contributed by atoms with Gasteiger partial charge in [0.15, 0.2) is 23.1 Å². The largest absolute Gasteiger partial charge is 0.493 e. The normalized spacial score (nSPS) is 14.0. The van der Waals surface area contributed by atoms with Crippen molar-refractivity contribution in [3.05, 3.63) is 48.4 Å². The molecule has 3 aromatic rings. The van der Waals surface area contributed by atoms with E-state index in [4.69, 9.17) is 14.2 Å². The summed E-state index contributed by atoms with van der Waals surface area (Å²) in [4.78, 5) is 28.7. The smallest absolute Gasteiger partial charge is 0.313 e. The minimum Gasteiger partial charge on any atom is -0.493 e. The average molecular weight is 553 g/mol. The number of aromatic nitrogens is 1. The molecule has 2 heterocycles. The van der Waals surface area contributed by atoms with Crippen LogP contribution in [0.3, 0.4) is 0 Å². The molecule has 3 N–H and O–H groups in total. The van der Waals surface area contributed by atoms with Crippen LogP contribution in [0.4, 0.5) is 10.1 Å². The summed E-state index contributed by atoms with van der Waals surface area (Å²) in [5.74, 6) is -0.431. The van der Waals surface area contributed by atoms with Gasteiger partial charge in [-0.1, -0.05) is 20.8 Å². The zero-order valence-corrected chi connectivity index (χ0v) is 23.4. The van der Waals surface area contributed by atoms with Gasteiger partial charge in [0.05, 0.1) is 19.2 Å². The number of pyridine rings is 1. The molecule has 0 aliphatic carbocycles. The van der Waals surface area contributed by atoms with Crippen molar-refractivity contribution in [2.75, 3.05) is 38.7 Å². The van der Waals surface area contributed by atoms with Crippen molar-refractivity contribution in [3.8, 4) is 23.0 Å². The van der Waals surface area contributed by atoms with Crippen LogP contribution in [0.15, 0.2) is 42.6 Å². The topological polar surface area (TPSA) is 111 Å². The molecule has 40 heavy (non-hydrogen) atoms. The summed E-state index contributed by atoms with van der Waals surface area (Å²) in [6, 6.07) is 9.16. The number of carbonyl (C=O) groups is 2. The number of nitrogens with zero attached hydrogens (tertiary/aromatic N) is 1. The predicted molar refractivity (Wildman–Crippen MR) is 152 cm³/mol. The molecule has 0 unspecified atom stereocenters. The number of rotatable bonds is 9. The lowest BCUT2D eigenvalue weighted by Gasteiger charge is -2.23. The van der Waals surface area contributed by atoms with Crippen molar-refractivity contribution in [2.45, 2.75) is 40.0 Å². The standard InChI is InChI=1S/C30H37FN4O5/c1-30(2,3)10-14-34-28(36)29(37)35-20-5-6-25(22(31)15-20)40-24-9-13-33-23-17-27(26(38-4)16-21(23)24)39-18-19-7-11-32-12-8-19/h5-6,9,13,15-17,19,32H,7-8,10-12,14,18H2,1-4H3,(H,34,36)(H,35,37). The second-order valence-corrected chi connectivity index (χ2v) is 11.1. The third-order valence-electron chi connectivity index (χ3n) is 6.70. The molecule has 0 saturated carbocycles. The molecule has 1 aliphatic rings. The Balaban J connectivity index is 1.44. The number of carbonyl (C=O) groups excluding carboxylic acids is 2. The van der Waals surface area contributed by atoms with Gasteiger partial charge in [-0.3, -0.25) is 14.6 Å². The third-order valence-corrected chi connectivity index (χ3v) is 6.70. The number of piperidine rings is 1. The molecule has 1 aromatic heterocycles. The Labute approximate surface area is 233 Å². The van der Waals surface area contributed by atoms with Crippen molar-refractivity contribution in [1.29, 1.82) is 0 Å². The van der Waals surface area contributed by atoms with Crippen LogP contribution in [-0.4, -0.2) is 50.1 Å². The monoisotopic (exact) mass is 552 g/mol. The van der Waals surface area contributed by atoms with E-state index in [0.717, 1.165) is 38.4 Å². The molecule has 0 spiro atoms. The molecule has 1 fully saturated rings. The first-order valence-electron chi connectivity index (χ1n) is 13.5. The van der Waals surface area contributed by atoms with Crippen LogP contribution < -0.4 is 30.2 Å². The highest BCUT2D eigenvalue weighted by atomic mass is 19.1. The van der Waals surface area contributed by atoms with E-state index in [-0.39, 0.29) is 16.9 Å². The van der Waals surface area contributed by atoms with Crippen LogP contribution in [0.25, 0.3) is 10.9 Å². The zero-order valence-electron chi connectivity index (χ0n) is 23.4. The van der Waals surface area contributed by atoms with Gasteiger partial charge in [-0.25, -0.2) is 4.39 Å². The van der Waals surface area contributed by atoms with Gasteiger partial charge in [0.25, 0.3) is 0 Å². The SMILES string of the molecule is COc1cc2c(Oc3ccc(NC(=O)C(=O)NCCC(C)(C)C)cc3F)ccnc2cc1OCC1CCNCC1. The highest BCUT2D eigenvalue weighted by Crippen LogP contribution is 2.38. The van der Waals surface area contributed by atoms with E-state index in [9.17, 15) is 14.0 Å². The average Bonchev–Trinajstić information content (AvgIpc) is 2.92. The Morgan fingerprint density at radius 3 is 2.50 bits per heavy atom. The molecule has 1 saturated heterocycles. The van der Waals surface area contributed by atoms with Crippen LogP contribution in [0.2, 0.25) is 0 Å². The first-order valence-corrected chi connectivity index (χ1v) is 13.5. The van der Waals surface area contributed by atoms with Crippen LogP contribution >= 0.6 is 0 Å². The number of methoxy groups -OCH3 is 1. The quantitative estimate of drug-likeness (QED) is 0.319. The summed E-state index contributed by atoms with van der Waals surface area (Å²) < 4.78 is 32.5. The maximum atomic E-state index is 15.0. The number of hydrogen-bond donors (Lipinski definition) is 3. The minimum absolute atomic E-state index is 0.0245. The van der Waals surface area contributed by atoms with Gasteiger partial charge in [0, 0.05) is 35.9 Å². The molecule has 2 amide bonds. The van der Waals surface area contributed by atoms with Crippen LogP contribution in [0, 0.1) is 17.2 Å². The first-order chi connectivity index (χ1) is 19.1. The van der Waals surface area contributed by atoms with E-state index in [1.165, 1.54) is 12.1 Å². The lowest BCUT2D eigenvalue weighted by Crippen LogP contribution is -2.36. The number of ether oxygens (including phenoxy) is 3. The van der Waals surface area contributed by atoms with E-state index in [2.05, 4.69) is 20.9 Å². The van der Waals surface area contributed by atoms with E-state index in [1.54, 1.807) is 31.5 Å². The Bertz CT molecular complexity index is 1350. The van der Waals surface area contributed by atoms with Crippen molar-refractivity contribution in [3.63, 3.8) is 0 Å². The van der Waals surface area contributed by atoms with E-state index in [0.29, 0.717) is 47.2 Å². The summed E-state index contributed by atoms with van der Waals surface area (Å²) in [6.45, 7) is 9.06. The third kappa shape index (κ3) is 7.81. The molecule has 1 aliphatic heterocycles. The van der Waals surface area contributed by atoms with Crippen LogP contribution in [0.1, 0.15) is 40.0 Å². The van der Waals surface area contributed by atoms with E-state index >= 15 is 0 Å². The second kappa shape index (κ2) is 13.0. The molecule has 9 nitrogen and oxygen atoms in total. The molecule has 0 bridgehead atoms. The highest BCUT2D eigenvalue weighted by molar-refractivity contribution is 6.39. The first kappa shape index (κ1) is 29.1. The Morgan fingerprint density at radius 2 is 1.80 bits per heavy atom. The predicted octanol–water partition coefficient (Wildman–Crippen LogP) is 5.04. The molecule has 214 valence electrons. The fourth-order valence-corrected chi connectivity index (χ4v) is 4.34. The molecule has 10 heteroatoms. The van der Waals surface area contributed by atoms with Gasteiger partial charge in [0.2, 0.25) is 0 Å². The summed E-state index contributed by atoms with van der Waals surface area (Å²) in [6.07, 6.45) is 4.41. The molecule has 2 aromatic carbocycles. The van der Waals surface area contributed by atoms with Gasteiger partial charge in [-0.05, 0) is 68.0 Å². The van der Waals surface area contributed by atoms with Crippen LogP contribution in [-0.2, 0) is 9.59 Å². The molecule has 0 atom stereocenters. The van der Waals surface area contributed by atoms with Gasteiger partial charge in [-0.15, -0.1) is 0 Å². The Morgan fingerprint density at radius 1 is 1.02 bits per heavy atom. The number of amides is 2. The van der Waals surface area contributed by atoms with E-state index < -0.39 is 17.6 Å². The number of hydrogen-bond acceptors (Lipinski definition) is 7. The second-order valence-electron chi connectivity index (χ2n) is 11.1. The van der Waals surface area contributed by atoms with Crippen molar-refractivity contribution < 1.29 is 28.2 Å². The van der Waals surface area contributed by atoms with Gasteiger partial charge >= 0.3 is 11.8 Å². The highest BCUT2D eigenvalue weighted by Gasteiger charge is 2.19. The number of nitrogens with one attached hydrogen (secondary N) is 3. The van der Waals surface area contributed by atoms with Gasteiger partial charge in [-0.2, -0.15) is 0 Å². The number of fused-ring (bicyclic) bond motifs is 1. The number of halogens is 1.